The molecule has 2 N–H and O–H groups in total. The van der Waals surface area contributed by atoms with Crippen LogP contribution in [0.5, 0.6) is 0 Å². The van der Waals surface area contributed by atoms with Gasteiger partial charge in [-0.05, 0) is 56.3 Å². The minimum absolute atomic E-state index is 0.0687. The number of anilines is 2. The molecule has 1 atom stereocenters. The Bertz CT molecular complexity index is 843. The van der Waals surface area contributed by atoms with Crippen LogP contribution in [0.25, 0.3) is 0 Å². The Labute approximate surface area is 171 Å². The standard InChI is InChI=1S/C22H28FN5O/c1-16-12-20(13-21(25-16)17-6-7-24-14-17)28-10-8-27(9-11-28)15-22(29)26-19-4-2-18(23)3-5-19/h2-5,12-13,17,24H,6-11,14-15H2,1H3,(H,26,29)/t17-/m0/s1. The number of hydrogen-bond donors (Lipinski definition) is 2. The second kappa shape index (κ2) is 8.88. The molecule has 3 heterocycles. The average Bonchev–Trinajstić information content (AvgIpc) is 3.25. The third-order valence-corrected chi connectivity index (χ3v) is 5.67. The third-order valence-electron chi connectivity index (χ3n) is 5.67. The summed E-state index contributed by atoms with van der Waals surface area (Å²) in [4.78, 5) is 21.6. The van der Waals surface area contributed by atoms with Gasteiger partial charge < -0.3 is 15.5 Å². The quantitative estimate of drug-likeness (QED) is 0.811. The number of nitrogens with zero attached hydrogens (tertiary/aromatic N) is 3. The van der Waals surface area contributed by atoms with Crippen molar-refractivity contribution < 1.29 is 9.18 Å². The van der Waals surface area contributed by atoms with Gasteiger partial charge in [0.05, 0.1) is 6.54 Å². The van der Waals surface area contributed by atoms with E-state index in [1.807, 2.05) is 0 Å². The number of pyridine rings is 1. The maximum Gasteiger partial charge on any atom is 0.238 e. The molecule has 1 aromatic heterocycles. The molecule has 0 saturated carbocycles. The highest BCUT2D eigenvalue weighted by molar-refractivity contribution is 5.92. The predicted molar refractivity (Wildman–Crippen MR) is 113 cm³/mol. The van der Waals surface area contributed by atoms with Crippen LogP contribution < -0.4 is 15.5 Å². The first-order valence-electron chi connectivity index (χ1n) is 10.3. The van der Waals surface area contributed by atoms with Crippen molar-refractivity contribution in [3.8, 4) is 0 Å². The molecule has 4 rings (SSSR count). The Morgan fingerprint density at radius 2 is 1.97 bits per heavy atom. The second-order valence-electron chi connectivity index (χ2n) is 7.90. The lowest BCUT2D eigenvalue weighted by Crippen LogP contribution is -2.48. The summed E-state index contributed by atoms with van der Waals surface area (Å²) in [5.41, 5.74) is 4.10. The lowest BCUT2D eigenvalue weighted by atomic mass is 10.0. The molecular formula is C22H28FN5O. The molecule has 154 valence electrons. The number of nitrogens with one attached hydrogen (secondary N) is 2. The number of piperazine rings is 1. The van der Waals surface area contributed by atoms with E-state index < -0.39 is 0 Å². The van der Waals surface area contributed by atoms with Gasteiger partial charge in [-0.1, -0.05) is 0 Å². The Kier molecular flexibility index (Phi) is 6.06. The van der Waals surface area contributed by atoms with E-state index in [1.54, 1.807) is 12.1 Å². The smallest absolute Gasteiger partial charge is 0.238 e. The average molecular weight is 397 g/mol. The number of carbonyl (C=O) groups excluding carboxylic acids is 1. The number of rotatable bonds is 5. The fraction of sp³-hybridized carbons (Fsp3) is 0.455. The molecule has 0 unspecified atom stereocenters. The van der Waals surface area contributed by atoms with Crippen LogP contribution in [0, 0.1) is 12.7 Å². The van der Waals surface area contributed by atoms with Gasteiger partial charge >= 0.3 is 0 Å². The molecule has 7 heteroatoms. The molecular weight excluding hydrogens is 369 g/mol. The molecule has 2 saturated heterocycles. The van der Waals surface area contributed by atoms with Gasteiger partial charge in [-0.2, -0.15) is 0 Å². The molecule has 1 amide bonds. The zero-order chi connectivity index (χ0) is 20.2. The number of carbonyl (C=O) groups is 1. The first kappa shape index (κ1) is 19.8. The summed E-state index contributed by atoms with van der Waals surface area (Å²) in [5, 5.41) is 6.25. The number of benzene rings is 1. The fourth-order valence-corrected chi connectivity index (χ4v) is 4.08. The van der Waals surface area contributed by atoms with Crippen LogP contribution in [0.1, 0.15) is 23.7 Å². The van der Waals surface area contributed by atoms with E-state index in [0.29, 0.717) is 18.2 Å². The van der Waals surface area contributed by atoms with Crippen molar-refractivity contribution in [2.45, 2.75) is 19.3 Å². The van der Waals surface area contributed by atoms with Gasteiger partial charge in [-0.3, -0.25) is 14.7 Å². The van der Waals surface area contributed by atoms with Gasteiger partial charge in [-0.15, -0.1) is 0 Å². The highest BCUT2D eigenvalue weighted by Crippen LogP contribution is 2.26. The maximum absolute atomic E-state index is 13.0. The highest BCUT2D eigenvalue weighted by atomic mass is 19.1. The van der Waals surface area contributed by atoms with Crippen molar-refractivity contribution in [2.75, 3.05) is 56.0 Å². The molecule has 0 aliphatic carbocycles. The fourth-order valence-electron chi connectivity index (χ4n) is 4.08. The minimum atomic E-state index is -0.308. The van der Waals surface area contributed by atoms with Crippen LogP contribution in [0.4, 0.5) is 15.8 Å². The van der Waals surface area contributed by atoms with Gasteiger partial charge in [0.1, 0.15) is 5.82 Å². The molecule has 2 aromatic rings. The van der Waals surface area contributed by atoms with Crippen LogP contribution in [0.3, 0.4) is 0 Å². The first-order chi connectivity index (χ1) is 14.1. The number of aromatic nitrogens is 1. The summed E-state index contributed by atoms with van der Waals surface area (Å²) in [7, 11) is 0. The van der Waals surface area contributed by atoms with Gasteiger partial charge in [0, 0.05) is 61.4 Å². The predicted octanol–water partition coefficient (Wildman–Crippen LogP) is 2.37. The SMILES string of the molecule is Cc1cc(N2CCN(CC(=O)Nc3ccc(F)cc3)CC2)cc([C@H]2CCNC2)n1. The molecule has 0 spiro atoms. The van der Waals surface area contributed by atoms with Crippen LogP contribution >= 0.6 is 0 Å². The van der Waals surface area contributed by atoms with Crippen molar-refractivity contribution in [1.29, 1.82) is 0 Å². The van der Waals surface area contributed by atoms with Crippen LogP contribution in [0.2, 0.25) is 0 Å². The van der Waals surface area contributed by atoms with E-state index in [0.717, 1.165) is 51.4 Å². The van der Waals surface area contributed by atoms with Crippen LogP contribution in [-0.4, -0.2) is 61.6 Å². The number of amides is 1. The summed E-state index contributed by atoms with van der Waals surface area (Å²) < 4.78 is 13.0. The Hall–Kier alpha value is -2.51. The maximum atomic E-state index is 13.0. The molecule has 2 aliphatic heterocycles. The zero-order valence-electron chi connectivity index (χ0n) is 16.8. The highest BCUT2D eigenvalue weighted by Gasteiger charge is 2.22. The Balaban J connectivity index is 1.31. The molecule has 2 fully saturated rings. The van der Waals surface area contributed by atoms with Crippen molar-refractivity contribution in [2.24, 2.45) is 0 Å². The topological polar surface area (TPSA) is 60.5 Å². The van der Waals surface area contributed by atoms with Crippen molar-refractivity contribution >= 4 is 17.3 Å². The zero-order valence-corrected chi connectivity index (χ0v) is 16.8. The summed E-state index contributed by atoms with van der Waals surface area (Å²) in [5.74, 6) is 0.128. The van der Waals surface area contributed by atoms with Crippen molar-refractivity contribution in [3.05, 3.63) is 53.6 Å². The summed E-state index contributed by atoms with van der Waals surface area (Å²) in [6, 6.07) is 10.2. The van der Waals surface area contributed by atoms with E-state index in [4.69, 9.17) is 4.98 Å². The van der Waals surface area contributed by atoms with Crippen molar-refractivity contribution in [3.63, 3.8) is 0 Å². The normalized spacial score (nSPS) is 20.1. The monoisotopic (exact) mass is 397 g/mol. The summed E-state index contributed by atoms with van der Waals surface area (Å²) in [6.07, 6.45) is 1.15. The molecule has 2 aliphatic rings. The van der Waals surface area contributed by atoms with E-state index in [2.05, 4.69) is 39.5 Å². The Morgan fingerprint density at radius 1 is 1.21 bits per heavy atom. The number of aryl methyl sites for hydroxylation is 1. The van der Waals surface area contributed by atoms with E-state index in [1.165, 1.54) is 23.5 Å². The van der Waals surface area contributed by atoms with Gasteiger partial charge in [0.25, 0.3) is 0 Å². The third kappa shape index (κ3) is 5.10. The van der Waals surface area contributed by atoms with Crippen LogP contribution in [-0.2, 0) is 4.79 Å². The molecule has 6 nitrogen and oxygen atoms in total. The number of hydrogen-bond acceptors (Lipinski definition) is 5. The number of halogens is 1. The minimum Gasteiger partial charge on any atom is -0.369 e. The largest absolute Gasteiger partial charge is 0.369 e. The Morgan fingerprint density at radius 3 is 2.66 bits per heavy atom. The molecule has 1 aromatic carbocycles. The molecule has 0 bridgehead atoms. The van der Waals surface area contributed by atoms with Gasteiger partial charge in [0.2, 0.25) is 5.91 Å². The summed E-state index contributed by atoms with van der Waals surface area (Å²) in [6.45, 7) is 7.91. The molecule has 0 radical (unpaired) electrons. The van der Waals surface area contributed by atoms with E-state index in [9.17, 15) is 9.18 Å². The first-order valence-corrected chi connectivity index (χ1v) is 10.3. The van der Waals surface area contributed by atoms with Gasteiger partial charge in [-0.25, -0.2) is 4.39 Å². The second-order valence-corrected chi connectivity index (χ2v) is 7.90. The molecule has 29 heavy (non-hydrogen) atoms. The van der Waals surface area contributed by atoms with Crippen molar-refractivity contribution in [1.82, 2.24) is 15.2 Å². The van der Waals surface area contributed by atoms with Gasteiger partial charge in [0.15, 0.2) is 0 Å². The summed E-state index contributed by atoms with van der Waals surface area (Å²) >= 11 is 0. The lowest BCUT2D eigenvalue weighted by molar-refractivity contribution is -0.117. The van der Waals surface area contributed by atoms with E-state index in [-0.39, 0.29) is 11.7 Å². The van der Waals surface area contributed by atoms with Crippen LogP contribution in [0.15, 0.2) is 36.4 Å². The van der Waals surface area contributed by atoms with E-state index >= 15 is 0 Å². The lowest BCUT2D eigenvalue weighted by Gasteiger charge is -2.36.